The van der Waals surface area contributed by atoms with Gasteiger partial charge in [0, 0.05) is 24.4 Å². The van der Waals surface area contributed by atoms with Gasteiger partial charge in [-0.2, -0.15) is 0 Å². The molecule has 126 valence electrons. The summed E-state index contributed by atoms with van der Waals surface area (Å²) in [5, 5.41) is 12.2. The highest BCUT2D eigenvalue weighted by Gasteiger charge is 2.38. The standard InChI is InChI=1S/C18H20N2O4/c21-11-18(12-23-13-18)10-20-17(22)15-6-7-19-16(8-15)24-9-14-4-2-1-3-5-14/h1-8,21H,9-13H2,(H,20,22). The highest BCUT2D eigenvalue weighted by atomic mass is 16.5. The van der Waals surface area contributed by atoms with E-state index >= 15 is 0 Å². The van der Waals surface area contributed by atoms with Gasteiger partial charge in [-0.05, 0) is 11.6 Å². The normalized spacial score (nSPS) is 15.4. The summed E-state index contributed by atoms with van der Waals surface area (Å²) < 4.78 is 10.7. The van der Waals surface area contributed by atoms with E-state index in [9.17, 15) is 9.90 Å². The predicted molar refractivity (Wildman–Crippen MR) is 87.7 cm³/mol. The molecule has 1 fully saturated rings. The number of carbonyl (C=O) groups is 1. The molecule has 2 N–H and O–H groups in total. The number of rotatable bonds is 7. The van der Waals surface area contributed by atoms with Crippen molar-refractivity contribution in [3.05, 3.63) is 59.8 Å². The number of nitrogens with zero attached hydrogens (tertiary/aromatic N) is 1. The highest BCUT2D eigenvalue weighted by molar-refractivity contribution is 5.94. The molecule has 3 rings (SSSR count). The smallest absolute Gasteiger partial charge is 0.251 e. The van der Waals surface area contributed by atoms with E-state index in [0.29, 0.717) is 37.8 Å². The summed E-state index contributed by atoms with van der Waals surface area (Å²) in [5.41, 5.74) is 1.15. The molecule has 24 heavy (non-hydrogen) atoms. The lowest BCUT2D eigenvalue weighted by Gasteiger charge is -2.39. The van der Waals surface area contributed by atoms with Crippen LogP contribution in [-0.2, 0) is 11.3 Å². The molecule has 0 aliphatic carbocycles. The van der Waals surface area contributed by atoms with Gasteiger partial charge in [0.1, 0.15) is 6.61 Å². The van der Waals surface area contributed by atoms with Gasteiger partial charge in [-0.15, -0.1) is 0 Å². The molecule has 0 spiro atoms. The third-order valence-corrected chi connectivity index (χ3v) is 4.00. The van der Waals surface area contributed by atoms with Crippen molar-refractivity contribution in [3.63, 3.8) is 0 Å². The number of nitrogens with one attached hydrogen (secondary N) is 1. The van der Waals surface area contributed by atoms with Gasteiger partial charge >= 0.3 is 0 Å². The molecule has 1 aliphatic rings. The summed E-state index contributed by atoms with van der Waals surface area (Å²) in [6.45, 7) is 1.70. The minimum absolute atomic E-state index is 0.00490. The van der Waals surface area contributed by atoms with Gasteiger partial charge in [0.2, 0.25) is 5.88 Å². The van der Waals surface area contributed by atoms with E-state index in [0.717, 1.165) is 5.56 Å². The number of amides is 1. The summed E-state index contributed by atoms with van der Waals surface area (Å²) in [5.74, 6) is 0.178. The zero-order chi connectivity index (χ0) is 16.8. The van der Waals surface area contributed by atoms with Crippen molar-refractivity contribution in [2.45, 2.75) is 6.61 Å². The van der Waals surface area contributed by atoms with E-state index < -0.39 is 0 Å². The average molecular weight is 328 g/mol. The highest BCUT2D eigenvalue weighted by Crippen LogP contribution is 2.25. The Kier molecular flexibility index (Phi) is 5.08. The van der Waals surface area contributed by atoms with Crippen LogP contribution in [0.2, 0.25) is 0 Å². The van der Waals surface area contributed by atoms with Crippen molar-refractivity contribution in [2.24, 2.45) is 5.41 Å². The number of ether oxygens (including phenoxy) is 2. The van der Waals surface area contributed by atoms with Gasteiger partial charge in [-0.25, -0.2) is 4.98 Å². The monoisotopic (exact) mass is 328 g/mol. The molecule has 6 heteroatoms. The summed E-state index contributed by atoms with van der Waals surface area (Å²) in [6.07, 6.45) is 1.55. The topological polar surface area (TPSA) is 80.7 Å². The molecule has 0 saturated carbocycles. The summed E-state index contributed by atoms with van der Waals surface area (Å²) in [6, 6.07) is 13.0. The number of carbonyl (C=O) groups excluding carboxylic acids is 1. The van der Waals surface area contributed by atoms with Crippen molar-refractivity contribution in [1.82, 2.24) is 10.3 Å². The molecule has 2 heterocycles. The Morgan fingerprint density at radius 1 is 1.29 bits per heavy atom. The van der Waals surface area contributed by atoms with E-state index in [1.165, 1.54) is 0 Å². The van der Waals surface area contributed by atoms with Gasteiger partial charge in [0.15, 0.2) is 0 Å². The molecule has 1 aromatic heterocycles. The summed E-state index contributed by atoms with van der Waals surface area (Å²) >= 11 is 0. The molecule has 1 amide bonds. The second-order valence-electron chi connectivity index (χ2n) is 5.99. The molecule has 0 radical (unpaired) electrons. The molecule has 0 atom stereocenters. The Hall–Kier alpha value is -2.44. The fourth-order valence-corrected chi connectivity index (χ4v) is 2.37. The van der Waals surface area contributed by atoms with Gasteiger partial charge in [-0.3, -0.25) is 4.79 Å². The van der Waals surface area contributed by atoms with Crippen LogP contribution in [0.4, 0.5) is 0 Å². The van der Waals surface area contributed by atoms with Gasteiger partial charge in [0.05, 0.1) is 25.2 Å². The first-order chi connectivity index (χ1) is 11.7. The molecule has 0 unspecified atom stereocenters. The molecule has 1 saturated heterocycles. The lowest BCUT2D eigenvalue weighted by atomic mass is 9.87. The van der Waals surface area contributed by atoms with E-state index in [4.69, 9.17) is 9.47 Å². The maximum absolute atomic E-state index is 12.3. The van der Waals surface area contributed by atoms with Gasteiger partial charge in [-0.1, -0.05) is 30.3 Å². The van der Waals surface area contributed by atoms with Crippen molar-refractivity contribution in [2.75, 3.05) is 26.4 Å². The molecule has 2 aromatic rings. The maximum Gasteiger partial charge on any atom is 0.251 e. The largest absolute Gasteiger partial charge is 0.473 e. The predicted octanol–water partition coefficient (Wildman–Crippen LogP) is 1.40. The number of pyridine rings is 1. The molecule has 1 aliphatic heterocycles. The van der Waals surface area contributed by atoms with Crippen molar-refractivity contribution in [3.8, 4) is 5.88 Å². The first kappa shape index (κ1) is 16.4. The van der Waals surface area contributed by atoms with Crippen LogP contribution in [0.3, 0.4) is 0 Å². The van der Waals surface area contributed by atoms with Gasteiger partial charge in [0.25, 0.3) is 5.91 Å². The fourth-order valence-electron chi connectivity index (χ4n) is 2.37. The average Bonchev–Trinajstić information content (AvgIpc) is 2.60. The van der Waals surface area contributed by atoms with Crippen LogP contribution < -0.4 is 10.1 Å². The Morgan fingerprint density at radius 3 is 2.75 bits per heavy atom. The first-order valence-corrected chi connectivity index (χ1v) is 7.80. The quantitative estimate of drug-likeness (QED) is 0.803. The van der Waals surface area contributed by atoms with Crippen LogP contribution in [0, 0.1) is 5.41 Å². The van der Waals surface area contributed by atoms with Crippen LogP contribution in [0.15, 0.2) is 48.7 Å². The van der Waals surface area contributed by atoms with Gasteiger partial charge < -0.3 is 19.9 Å². The van der Waals surface area contributed by atoms with Crippen molar-refractivity contribution < 1.29 is 19.4 Å². The Bertz CT molecular complexity index is 681. The number of aliphatic hydroxyl groups excluding tert-OH is 1. The fraction of sp³-hybridized carbons (Fsp3) is 0.333. The number of benzene rings is 1. The number of hydrogen-bond donors (Lipinski definition) is 2. The Labute approximate surface area is 140 Å². The lowest BCUT2D eigenvalue weighted by molar-refractivity contribution is -0.133. The minimum atomic E-state index is -0.352. The SMILES string of the molecule is O=C(NCC1(CO)COC1)c1ccnc(OCc2ccccc2)c1. The number of hydrogen-bond acceptors (Lipinski definition) is 5. The van der Waals surface area contributed by atoms with Crippen LogP contribution in [0.1, 0.15) is 15.9 Å². The number of aliphatic hydroxyl groups is 1. The molecule has 0 bridgehead atoms. The summed E-state index contributed by atoms with van der Waals surface area (Å²) in [4.78, 5) is 16.4. The van der Waals surface area contributed by atoms with Crippen LogP contribution >= 0.6 is 0 Å². The molecule has 6 nitrogen and oxygen atoms in total. The van der Waals surface area contributed by atoms with E-state index in [1.54, 1.807) is 18.3 Å². The first-order valence-electron chi connectivity index (χ1n) is 7.80. The Balaban J connectivity index is 1.57. The van der Waals surface area contributed by atoms with Crippen molar-refractivity contribution >= 4 is 5.91 Å². The van der Waals surface area contributed by atoms with Crippen LogP contribution in [-0.4, -0.2) is 42.4 Å². The van der Waals surface area contributed by atoms with E-state index in [-0.39, 0.29) is 17.9 Å². The van der Waals surface area contributed by atoms with Crippen LogP contribution in [0.25, 0.3) is 0 Å². The molecular formula is C18H20N2O4. The van der Waals surface area contributed by atoms with Crippen molar-refractivity contribution in [1.29, 1.82) is 0 Å². The number of aromatic nitrogens is 1. The van der Waals surface area contributed by atoms with Crippen LogP contribution in [0.5, 0.6) is 5.88 Å². The third-order valence-electron chi connectivity index (χ3n) is 4.00. The lowest BCUT2D eigenvalue weighted by Crippen LogP contribution is -2.53. The molecule has 1 aromatic carbocycles. The third kappa shape index (κ3) is 3.90. The summed E-state index contributed by atoms with van der Waals surface area (Å²) in [7, 11) is 0. The zero-order valence-corrected chi connectivity index (χ0v) is 13.3. The maximum atomic E-state index is 12.3. The second kappa shape index (κ2) is 7.42. The Morgan fingerprint density at radius 2 is 2.08 bits per heavy atom. The van der Waals surface area contributed by atoms with E-state index in [1.807, 2.05) is 30.3 Å². The van der Waals surface area contributed by atoms with E-state index in [2.05, 4.69) is 10.3 Å². The molecular weight excluding hydrogens is 308 g/mol. The minimum Gasteiger partial charge on any atom is -0.473 e. The zero-order valence-electron chi connectivity index (χ0n) is 13.3. The second-order valence-corrected chi connectivity index (χ2v) is 5.99.